The number of hydrogen-bond donors (Lipinski definition) is 2. The standard InChI is InChI=1S/C15H12Br2F3N3O/c1-23(10-3-2-4-11(8-10)24-15(18,19)20)14(21)22-13-7-9(16)5-6-12(13)17/h2-8H,1H3,(H2,21,22). The molecule has 2 rings (SSSR count). The van der Waals surface area contributed by atoms with E-state index in [1.807, 2.05) is 6.07 Å². The quantitative estimate of drug-likeness (QED) is 0.457. The Morgan fingerprint density at radius 2 is 1.88 bits per heavy atom. The summed E-state index contributed by atoms with van der Waals surface area (Å²) in [4.78, 5) is 1.40. The van der Waals surface area contributed by atoms with Crippen molar-refractivity contribution in [3.8, 4) is 5.75 Å². The van der Waals surface area contributed by atoms with Crippen molar-refractivity contribution in [2.75, 3.05) is 17.3 Å². The van der Waals surface area contributed by atoms with Crippen molar-refractivity contribution in [1.29, 1.82) is 5.41 Å². The van der Waals surface area contributed by atoms with Gasteiger partial charge in [0.15, 0.2) is 5.96 Å². The zero-order chi connectivity index (χ0) is 17.9. The van der Waals surface area contributed by atoms with Crippen LogP contribution in [0.1, 0.15) is 0 Å². The second-order valence-corrected chi connectivity index (χ2v) is 6.47. The molecule has 0 radical (unpaired) electrons. The van der Waals surface area contributed by atoms with Crippen molar-refractivity contribution in [3.63, 3.8) is 0 Å². The lowest BCUT2D eigenvalue weighted by Gasteiger charge is -2.22. The van der Waals surface area contributed by atoms with Crippen molar-refractivity contribution >= 4 is 49.2 Å². The highest BCUT2D eigenvalue weighted by Crippen LogP contribution is 2.28. The summed E-state index contributed by atoms with van der Waals surface area (Å²) in [7, 11) is 1.56. The Hall–Kier alpha value is -1.74. The third-order valence-corrected chi connectivity index (χ3v) is 4.14. The van der Waals surface area contributed by atoms with Crippen molar-refractivity contribution in [2.24, 2.45) is 0 Å². The summed E-state index contributed by atoms with van der Waals surface area (Å²) in [6.07, 6.45) is -4.76. The topological polar surface area (TPSA) is 48.4 Å². The molecule has 128 valence electrons. The summed E-state index contributed by atoms with van der Waals surface area (Å²) in [6, 6.07) is 10.8. The molecule has 0 saturated heterocycles. The number of anilines is 2. The highest BCUT2D eigenvalue weighted by Gasteiger charge is 2.31. The lowest BCUT2D eigenvalue weighted by atomic mass is 10.3. The fourth-order valence-electron chi connectivity index (χ4n) is 1.82. The Balaban J connectivity index is 2.16. The molecule has 9 heteroatoms. The predicted octanol–water partition coefficient (Wildman–Crippen LogP) is 5.59. The van der Waals surface area contributed by atoms with E-state index < -0.39 is 6.36 Å². The first-order valence-corrected chi connectivity index (χ1v) is 8.14. The maximum absolute atomic E-state index is 12.3. The van der Waals surface area contributed by atoms with Crippen molar-refractivity contribution in [2.45, 2.75) is 6.36 Å². The Bertz CT molecular complexity index is 753. The van der Waals surface area contributed by atoms with Crippen molar-refractivity contribution < 1.29 is 17.9 Å². The summed E-state index contributed by atoms with van der Waals surface area (Å²) in [6.45, 7) is 0. The Morgan fingerprint density at radius 3 is 2.54 bits per heavy atom. The van der Waals surface area contributed by atoms with E-state index in [4.69, 9.17) is 5.41 Å². The molecule has 0 aliphatic heterocycles. The lowest BCUT2D eigenvalue weighted by Crippen LogP contribution is -2.32. The molecule has 4 nitrogen and oxygen atoms in total. The number of halogens is 5. The van der Waals surface area contributed by atoms with Crippen LogP contribution in [0.15, 0.2) is 51.4 Å². The third kappa shape index (κ3) is 5.13. The number of alkyl halides is 3. The summed E-state index contributed by atoms with van der Waals surface area (Å²) in [5.41, 5.74) is 1.02. The van der Waals surface area contributed by atoms with E-state index in [2.05, 4.69) is 41.9 Å². The molecule has 0 heterocycles. The normalized spacial score (nSPS) is 11.1. The molecule has 0 atom stereocenters. The number of nitrogens with zero attached hydrogens (tertiary/aromatic N) is 1. The molecule has 0 spiro atoms. The van der Waals surface area contributed by atoms with Crippen molar-refractivity contribution in [3.05, 3.63) is 51.4 Å². The summed E-state index contributed by atoms with van der Waals surface area (Å²) >= 11 is 6.70. The van der Waals surface area contributed by atoms with Gasteiger partial charge in [0.1, 0.15) is 5.75 Å². The van der Waals surface area contributed by atoms with Crippen LogP contribution in [0, 0.1) is 5.41 Å². The molecule has 0 amide bonds. The van der Waals surface area contributed by atoms with Gasteiger partial charge in [0.25, 0.3) is 0 Å². The molecule has 0 aromatic heterocycles. The molecular formula is C15H12Br2F3N3O. The number of guanidine groups is 1. The third-order valence-electron chi connectivity index (χ3n) is 2.96. The minimum atomic E-state index is -4.76. The molecule has 24 heavy (non-hydrogen) atoms. The highest BCUT2D eigenvalue weighted by molar-refractivity contribution is 9.11. The first-order valence-electron chi connectivity index (χ1n) is 6.56. The first-order chi connectivity index (χ1) is 11.2. The SMILES string of the molecule is CN(C(=N)Nc1cc(Br)ccc1Br)c1cccc(OC(F)(F)F)c1. The average Bonchev–Trinajstić information content (AvgIpc) is 2.48. The predicted molar refractivity (Wildman–Crippen MR) is 94.7 cm³/mol. The molecule has 0 aliphatic rings. The van der Waals surface area contributed by atoms with E-state index in [1.165, 1.54) is 23.1 Å². The van der Waals surface area contributed by atoms with Gasteiger partial charge in [-0.3, -0.25) is 5.41 Å². The molecule has 2 aromatic rings. The molecular weight excluding hydrogens is 455 g/mol. The Labute approximate surface area is 153 Å². The van der Waals surface area contributed by atoms with Gasteiger partial charge in [0.2, 0.25) is 0 Å². The zero-order valence-electron chi connectivity index (χ0n) is 12.3. The zero-order valence-corrected chi connectivity index (χ0v) is 15.5. The van der Waals surface area contributed by atoms with E-state index in [0.717, 1.165) is 8.95 Å². The first kappa shape index (κ1) is 18.6. The number of benzene rings is 2. The summed E-state index contributed by atoms with van der Waals surface area (Å²) in [5.74, 6) is -0.360. The maximum Gasteiger partial charge on any atom is 0.573 e. The number of hydrogen-bond acceptors (Lipinski definition) is 2. The van der Waals surface area contributed by atoms with Gasteiger partial charge in [-0.25, -0.2) is 0 Å². The van der Waals surface area contributed by atoms with Crippen LogP contribution in [-0.2, 0) is 0 Å². The van der Waals surface area contributed by atoms with Crippen LogP contribution in [0.3, 0.4) is 0 Å². The second-order valence-electron chi connectivity index (χ2n) is 4.70. The van der Waals surface area contributed by atoms with Crippen LogP contribution in [0.4, 0.5) is 24.5 Å². The van der Waals surface area contributed by atoms with Gasteiger partial charge in [-0.1, -0.05) is 22.0 Å². The minimum Gasteiger partial charge on any atom is -0.406 e. The molecule has 2 aromatic carbocycles. The van der Waals surface area contributed by atoms with Crippen LogP contribution >= 0.6 is 31.9 Å². The number of ether oxygens (including phenoxy) is 1. The largest absolute Gasteiger partial charge is 0.573 e. The molecule has 0 unspecified atom stereocenters. The van der Waals surface area contributed by atoms with Crippen molar-refractivity contribution in [1.82, 2.24) is 0 Å². The van der Waals surface area contributed by atoms with Gasteiger partial charge in [0, 0.05) is 27.7 Å². The Kier molecular flexibility index (Phi) is 5.76. The Morgan fingerprint density at radius 1 is 1.17 bits per heavy atom. The van der Waals surface area contributed by atoms with Crippen LogP contribution in [-0.4, -0.2) is 19.4 Å². The fourth-order valence-corrected chi connectivity index (χ4v) is 2.53. The fraction of sp³-hybridized carbons (Fsp3) is 0.133. The summed E-state index contributed by atoms with van der Waals surface area (Å²) in [5, 5.41) is 11.0. The van der Waals surface area contributed by atoms with Crippen LogP contribution in [0.5, 0.6) is 5.75 Å². The maximum atomic E-state index is 12.3. The van der Waals surface area contributed by atoms with Gasteiger partial charge in [-0.15, -0.1) is 13.2 Å². The highest BCUT2D eigenvalue weighted by atomic mass is 79.9. The van der Waals surface area contributed by atoms with Gasteiger partial charge >= 0.3 is 6.36 Å². The lowest BCUT2D eigenvalue weighted by molar-refractivity contribution is -0.274. The molecule has 0 bridgehead atoms. The van der Waals surface area contributed by atoms with Crippen LogP contribution in [0.2, 0.25) is 0 Å². The molecule has 0 aliphatic carbocycles. The molecule has 2 N–H and O–H groups in total. The van der Waals surface area contributed by atoms with E-state index in [0.29, 0.717) is 11.4 Å². The van der Waals surface area contributed by atoms with Gasteiger partial charge in [0.05, 0.1) is 5.69 Å². The molecule has 0 saturated carbocycles. The van der Waals surface area contributed by atoms with E-state index >= 15 is 0 Å². The monoisotopic (exact) mass is 465 g/mol. The van der Waals surface area contributed by atoms with Crippen LogP contribution in [0.25, 0.3) is 0 Å². The van der Waals surface area contributed by atoms with Crippen LogP contribution < -0.4 is 15.0 Å². The average molecular weight is 467 g/mol. The number of rotatable bonds is 3. The number of nitrogens with one attached hydrogen (secondary N) is 2. The second kappa shape index (κ2) is 7.43. The van der Waals surface area contributed by atoms with Gasteiger partial charge < -0.3 is 15.0 Å². The van der Waals surface area contributed by atoms with E-state index in [1.54, 1.807) is 25.2 Å². The smallest absolute Gasteiger partial charge is 0.406 e. The minimum absolute atomic E-state index is 0.0158. The van der Waals surface area contributed by atoms with Gasteiger partial charge in [-0.05, 0) is 46.3 Å². The van der Waals surface area contributed by atoms with E-state index in [9.17, 15) is 13.2 Å². The van der Waals surface area contributed by atoms with E-state index in [-0.39, 0.29) is 11.7 Å². The van der Waals surface area contributed by atoms with Gasteiger partial charge in [-0.2, -0.15) is 0 Å². The summed E-state index contributed by atoms with van der Waals surface area (Å²) < 4.78 is 42.4. The molecule has 0 fully saturated rings.